The Balaban J connectivity index is 1.55. The van der Waals surface area contributed by atoms with E-state index in [0.717, 1.165) is 26.7 Å². The summed E-state index contributed by atoms with van der Waals surface area (Å²) in [7, 11) is 0. The van der Waals surface area contributed by atoms with Gasteiger partial charge in [0.15, 0.2) is 0 Å². The van der Waals surface area contributed by atoms with Gasteiger partial charge in [0.25, 0.3) is 0 Å². The van der Waals surface area contributed by atoms with E-state index in [2.05, 4.69) is 22.8 Å². The predicted molar refractivity (Wildman–Crippen MR) is 124 cm³/mol. The van der Waals surface area contributed by atoms with Gasteiger partial charge in [-0.2, -0.15) is 0 Å². The molecule has 4 rings (SSSR count). The maximum atomic E-state index is 13.2. The molecule has 0 saturated carbocycles. The van der Waals surface area contributed by atoms with Gasteiger partial charge in [0.2, 0.25) is 5.91 Å². The molecule has 2 heterocycles. The molecule has 0 bridgehead atoms. The number of nitrogens with zero attached hydrogens (tertiary/aromatic N) is 2. The number of aromatic nitrogens is 1. The first-order valence-electron chi connectivity index (χ1n) is 9.90. The largest absolute Gasteiger partial charge is 0.345 e. The van der Waals surface area contributed by atoms with Crippen LogP contribution >= 0.6 is 22.9 Å². The summed E-state index contributed by atoms with van der Waals surface area (Å²) in [4.78, 5) is 16.2. The Kier molecular flexibility index (Phi) is 6.67. The molecule has 0 atom stereocenters. The Labute approximate surface area is 186 Å². The number of carbonyl (C=O) groups is 1. The number of amides is 1. The van der Waals surface area contributed by atoms with Crippen LogP contribution in [0, 0.1) is 0 Å². The van der Waals surface area contributed by atoms with Crippen molar-refractivity contribution < 1.29 is 4.79 Å². The topological polar surface area (TPSA) is 25.2 Å². The van der Waals surface area contributed by atoms with Crippen LogP contribution in [0.1, 0.15) is 21.7 Å². The van der Waals surface area contributed by atoms with E-state index in [0.29, 0.717) is 26.1 Å². The molecule has 0 spiro atoms. The lowest BCUT2D eigenvalue weighted by Crippen LogP contribution is -2.32. The van der Waals surface area contributed by atoms with Crippen LogP contribution in [0.4, 0.5) is 0 Å². The molecule has 0 radical (unpaired) electrons. The van der Waals surface area contributed by atoms with Gasteiger partial charge in [-0.25, -0.2) is 0 Å². The van der Waals surface area contributed by atoms with Crippen molar-refractivity contribution >= 4 is 28.8 Å². The van der Waals surface area contributed by atoms with Gasteiger partial charge in [0.1, 0.15) is 0 Å². The Morgan fingerprint density at radius 3 is 2.47 bits per heavy atom. The lowest BCUT2D eigenvalue weighted by molar-refractivity contribution is -0.131. The minimum absolute atomic E-state index is 0.131. The predicted octanol–water partition coefficient (Wildman–Crippen LogP) is 6.02. The van der Waals surface area contributed by atoms with E-state index in [1.807, 2.05) is 77.1 Å². The minimum Gasteiger partial charge on any atom is -0.345 e. The van der Waals surface area contributed by atoms with E-state index in [1.54, 1.807) is 11.3 Å². The summed E-state index contributed by atoms with van der Waals surface area (Å²) in [5, 5.41) is 2.77. The molecule has 1 amide bonds. The smallest absolute Gasteiger partial charge is 0.228 e. The van der Waals surface area contributed by atoms with Crippen LogP contribution < -0.4 is 0 Å². The number of halogens is 1. The number of thiophene rings is 1. The fourth-order valence-electron chi connectivity index (χ4n) is 3.46. The van der Waals surface area contributed by atoms with Gasteiger partial charge in [0.05, 0.1) is 13.0 Å². The molecule has 2 aromatic carbocycles. The van der Waals surface area contributed by atoms with Crippen molar-refractivity contribution in [3.05, 3.63) is 117 Å². The zero-order valence-electron chi connectivity index (χ0n) is 16.6. The summed E-state index contributed by atoms with van der Waals surface area (Å²) in [5.74, 6) is 0.131. The van der Waals surface area contributed by atoms with Crippen LogP contribution in [-0.2, 0) is 30.8 Å². The summed E-state index contributed by atoms with van der Waals surface area (Å²) < 4.78 is 2.16. The molecule has 0 N–H and O–H groups in total. The number of benzene rings is 2. The van der Waals surface area contributed by atoms with Crippen molar-refractivity contribution in [2.45, 2.75) is 26.1 Å². The molecule has 0 fully saturated rings. The molecule has 4 aromatic rings. The highest BCUT2D eigenvalue weighted by atomic mass is 35.5. The van der Waals surface area contributed by atoms with Crippen molar-refractivity contribution in [2.24, 2.45) is 0 Å². The van der Waals surface area contributed by atoms with Crippen molar-refractivity contribution in [1.29, 1.82) is 0 Å². The van der Waals surface area contributed by atoms with Crippen LogP contribution in [0.2, 0.25) is 5.02 Å². The van der Waals surface area contributed by atoms with Crippen LogP contribution in [-0.4, -0.2) is 15.4 Å². The van der Waals surface area contributed by atoms with Crippen LogP contribution in [0.3, 0.4) is 0 Å². The molecule has 0 aliphatic carbocycles. The summed E-state index contributed by atoms with van der Waals surface area (Å²) >= 11 is 7.98. The van der Waals surface area contributed by atoms with Crippen LogP contribution in [0.5, 0.6) is 0 Å². The number of rotatable bonds is 8. The zero-order valence-corrected chi connectivity index (χ0v) is 18.1. The quantitative estimate of drug-likeness (QED) is 0.332. The standard InChI is InChI=1S/C25H23ClN2OS/c26-24-13-5-4-10-21(24)18-27-14-6-11-22(27)19-28(17-20-8-2-1-3-9-20)25(29)16-23-12-7-15-30-23/h1-15H,16-19H2. The lowest BCUT2D eigenvalue weighted by atomic mass is 10.2. The second-order valence-corrected chi connectivity index (χ2v) is 8.65. The second-order valence-electron chi connectivity index (χ2n) is 7.21. The molecule has 5 heteroatoms. The number of hydrogen-bond acceptors (Lipinski definition) is 2. The van der Waals surface area contributed by atoms with E-state index in [9.17, 15) is 4.79 Å². The molecule has 2 aromatic heterocycles. The highest BCUT2D eigenvalue weighted by Gasteiger charge is 2.17. The highest BCUT2D eigenvalue weighted by molar-refractivity contribution is 7.10. The van der Waals surface area contributed by atoms with Gasteiger partial charge in [0, 0.05) is 34.9 Å². The first kappa shape index (κ1) is 20.5. The van der Waals surface area contributed by atoms with Crippen molar-refractivity contribution in [3.8, 4) is 0 Å². The Bertz CT molecular complexity index is 1090. The summed E-state index contributed by atoms with van der Waals surface area (Å²) in [6.07, 6.45) is 2.47. The van der Waals surface area contributed by atoms with Gasteiger partial charge in [-0.15, -0.1) is 11.3 Å². The Hall–Kier alpha value is -2.82. The molecular weight excluding hydrogens is 412 g/mol. The summed E-state index contributed by atoms with van der Waals surface area (Å²) in [6.45, 7) is 1.82. The molecular formula is C25H23ClN2OS. The minimum atomic E-state index is 0.131. The van der Waals surface area contributed by atoms with E-state index < -0.39 is 0 Å². The van der Waals surface area contributed by atoms with Crippen LogP contribution in [0.25, 0.3) is 0 Å². The summed E-state index contributed by atoms with van der Waals surface area (Å²) in [6, 6.07) is 26.1. The lowest BCUT2D eigenvalue weighted by Gasteiger charge is -2.24. The first-order valence-corrected chi connectivity index (χ1v) is 11.2. The van der Waals surface area contributed by atoms with Gasteiger partial charge in [-0.1, -0.05) is 66.2 Å². The summed E-state index contributed by atoms with van der Waals surface area (Å²) in [5.41, 5.74) is 3.28. The maximum absolute atomic E-state index is 13.2. The fourth-order valence-corrected chi connectivity index (χ4v) is 4.35. The SMILES string of the molecule is O=C(Cc1cccs1)N(Cc1ccccc1)Cc1cccn1Cc1ccccc1Cl. The third-order valence-corrected chi connectivity index (χ3v) is 6.29. The number of carbonyl (C=O) groups excluding carboxylic acids is 1. The van der Waals surface area contributed by atoms with Gasteiger partial charge < -0.3 is 9.47 Å². The second kappa shape index (κ2) is 9.79. The average Bonchev–Trinajstić information content (AvgIpc) is 3.42. The van der Waals surface area contributed by atoms with Gasteiger partial charge >= 0.3 is 0 Å². The molecule has 0 unspecified atom stereocenters. The van der Waals surface area contributed by atoms with E-state index in [4.69, 9.17) is 11.6 Å². The van der Waals surface area contributed by atoms with E-state index >= 15 is 0 Å². The molecule has 0 saturated heterocycles. The number of hydrogen-bond donors (Lipinski definition) is 0. The van der Waals surface area contributed by atoms with Gasteiger partial charge in [-0.05, 0) is 40.8 Å². The molecule has 152 valence electrons. The Morgan fingerprint density at radius 1 is 0.900 bits per heavy atom. The molecule has 30 heavy (non-hydrogen) atoms. The zero-order chi connectivity index (χ0) is 20.8. The van der Waals surface area contributed by atoms with Crippen molar-refractivity contribution in [2.75, 3.05) is 0 Å². The monoisotopic (exact) mass is 434 g/mol. The maximum Gasteiger partial charge on any atom is 0.228 e. The van der Waals surface area contributed by atoms with Crippen LogP contribution in [0.15, 0.2) is 90.4 Å². The first-order chi connectivity index (χ1) is 14.7. The van der Waals surface area contributed by atoms with Crippen molar-refractivity contribution in [1.82, 2.24) is 9.47 Å². The van der Waals surface area contributed by atoms with Gasteiger partial charge in [-0.3, -0.25) is 4.79 Å². The molecule has 0 aliphatic heterocycles. The Morgan fingerprint density at radius 2 is 1.70 bits per heavy atom. The van der Waals surface area contributed by atoms with Crippen molar-refractivity contribution in [3.63, 3.8) is 0 Å². The fraction of sp³-hybridized carbons (Fsp3) is 0.160. The normalized spacial score (nSPS) is 10.8. The molecule has 3 nitrogen and oxygen atoms in total. The third kappa shape index (κ3) is 5.21. The highest BCUT2D eigenvalue weighted by Crippen LogP contribution is 2.20. The van der Waals surface area contributed by atoms with E-state index in [-0.39, 0.29) is 5.91 Å². The average molecular weight is 435 g/mol. The van der Waals surface area contributed by atoms with E-state index in [1.165, 1.54) is 0 Å². The molecule has 0 aliphatic rings. The third-order valence-electron chi connectivity index (χ3n) is 5.05.